The van der Waals surface area contributed by atoms with Crippen LogP contribution in [0.3, 0.4) is 0 Å². The van der Waals surface area contributed by atoms with Crippen LogP contribution in [0.5, 0.6) is 0 Å². The van der Waals surface area contributed by atoms with Gasteiger partial charge in [-0.05, 0) is 32.2 Å². The first-order valence-electron chi connectivity index (χ1n) is 5.29. The van der Waals surface area contributed by atoms with E-state index in [4.69, 9.17) is 10.8 Å². The molecule has 0 spiro atoms. The van der Waals surface area contributed by atoms with Crippen molar-refractivity contribution in [3.8, 4) is 0 Å². The van der Waals surface area contributed by atoms with Gasteiger partial charge in [-0.15, -0.1) is 0 Å². The maximum Gasteiger partial charge on any atom is 0.213 e. The van der Waals surface area contributed by atoms with Crippen LogP contribution >= 0.6 is 0 Å². The summed E-state index contributed by atoms with van der Waals surface area (Å²) < 4.78 is 24.5. The van der Waals surface area contributed by atoms with E-state index in [0.29, 0.717) is 19.5 Å². The fourth-order valence-corrected chi connectivity index (χ4v) is 2.43. The van der Waals surface area contributed by atoms with E-state index in [1.54, 1.807) is 7.05 Å². The van der Waals surface area contributed by atoms with Gasteiger partial charge >= 0.3 is 0 Å². The highest BCUT2D eigenvalue weighted by Crippen LogP contribution is 2.03. The van der Waals surface area contributed by atoms with Gasteiger partial charge in [-0.3, -0.25) is 0 Å². The quantitative estimate of drug-likeness (QED) is 0.543. The minimum Gasteiger partial charge on any atom is -0.396 e. The first-order valence-corrected chi connectivity index (χ1v) is 6.90. The molecule has 0 aromatic heterocycles. The molecule has 3 N–H and O–H groups in total. The normalized spacial score (nSPS) is 12.3. The van der Waals surface area contributed by atoms with Gasteiger partial charge in [0.25, 0.3) is 0 Å². The standard InChI is InChI=1S/C9H22N2O3S/c1-11(7-3-2-4-8-12)15(13,14)9-5-6-10/h12H,2-10H2,1H3. The highest BCUT2D eigenvalue weighted by molar-refractivity contribution is 7.89. The van der Waals surface area contributed by atoms with Crippen LogP contribution in [0.15, 0.2) is 0 Å². The number of hydrogen-bond acceptors (Lipinski definition) is 4. The van der Waals surface area contributed by atoms with Crippen LogP contribution in [0.25, 0.3) is 0 Å². The number of nitrogens with zero attached hydrogens (tertiary/aromatic N) is 1. The van der Waals surface area contributed by atoms with Crippen molar-refractivity contribution in [3.63, 3.8) is 0 Å². The molecule has 0 saturated heterocycles. The van der Waals surface area contributed by atoms with E-state index in [-0.39, 0.29) is 12.4 Å². The molecule has 0 rings (SSSR count). The van der Waals surface area contributed by atoms with E-state index in [1.165, 1.54) is 4.31 Å². The average Bonchev–Trinajstić information content (AvgIpc) is 2.21. The van der Waals surface area contributed by atoms with Crippen LogP contribution in [0.1, 0.15) is 25.7 Å². The average molecular weight is 238 g/mol. The Bertz CT molecular complexity index is 242. The molecule has 0 radical (unpaired) electrons. The van der Waals surface area contributed by atoms with E-state index < -0.39 is 10.0 Å². The Morgan fingerprint density at radius 3 is 2.40 bits per heavy atom. The number of aliphatic hydroxyl groups excluding tert-OH is 1. The van der Waals surface area contributed by atoms with Gasteiger partial charge in [0.05, 0.1) is 5.75 Å². The van der Waals surface area contributed by atoms with Crippen LogP contribution in [0, 0.1) is 0 Å². The molecule has 0 atom stereocenters. The topological polar surface area (TPSA) is 83.6 Å². The maximum absolute atomic E-state index is 11.6. The Morgan fingerprint density at radius 2 is 1.87 bits per heavy atom. The van der Waals surface area contributed by atoms with Crippen molar-refractivity contribution in [1.29, 1.82) is 0 Å². The molecule has 5 nitrogen and oxygen atoms in total. The number of nitrogens with two attached hydrogens (primary N) is 1. The summed E-state index contributed by atoms with van der Waals surface area (Å²) in [5.41, 5.74) is 5.26. The molecule has 92 valence electrons. The third-order valence-electron chi connectivity index (χ3n) is 2.21. The molecule has 0 amide bonds. The molecule has 0 heterocycles. The van der Waals surface area contributed by atoms with E-state index in [9.17, 15) is 8.42 Å². The minimum atomic E-state index is -3.12. The number of sulfonamides is 1. The highest BCUT2D eigenvalue weighted by atomic mass is 32.2. The van der Waals surface area contributed by atoms with Crippen LogP contribution in [0.2, 0.25) is 0 Å². The second kappa shape index (κ2) is 8.04. The van der Waals surface area contributed by atoms with Crippen molar-refractivity contribution < 1.29 is 13.5 Å². The Kier molecular flexibility index (Phi) is 7.95. The second-order valence-electron chi connectivity index (χ2n) is 3.56. The lowest BCUT2D eigenvalue weighted by atomic mass is 10.2. The molecule has 0 unspecified atom stereocenters. The number of hydrogen-bond donors (Lipinski definition) is 2. The zero-order chi connectivity index (χ0) is 11.7. The Labute approximate surface area is 92.3 Å². The highest BCUT2D eigenvalue weighted by Gasteiger charge is 2.15. The summed E-state index contributed by atoms with van der Waals surface area (Å²) in [5, 5.41) is 8.56. The largest absolute Gasteiger partial charge is 0.396 e. The molecule has 6 heteroatoms. The molecule has 0 aromatic rings. The number of rotatable bonds is 9. The van der Waals surface area contributed by atoms with Crippen LogP contribution < -0.4 is 5.73 Å². The zero-order valence-electron chi connectivity index (χ0n) is 9.35. The van der Waals surface area contributed by atoms with Crippen molar-refractivity contribution >= 4 is 10.0 Å². The number of aliphatic hydroxyl groups is 1. The molecular weight excluding hydrogens is 216 g/mol. The molecule has 0 aliphatic carbocycles. The van der Waals surface area contributed by atoms with Gasteiger partial charge in [0.15, 0.2) is 0 Å². The molecular formula is C9H22N2O3S. The molecule has 0 aliphatic heterocycles. The van der Waals surface area contributed by atoms with E-state index >= 15 is 0 Å². The van der Waals surface area contributed by atoms with E-state index in [2.05, 4.69) is 0 Å². The molecule has 0 aliphatic rings. The summed E-state index contributed by atoms with van der Waals surface area (Å²) in [6, 6.07) is 0. The summed E-state index contributed by atoms with van der Waals surface area (Å²) in [5.74, 6) is 0.125. The Hall–Kier alpha value is -0.170. The fourth-order valence-electron chi connectivity index (χ4n) is 1.18. The van der Waals surface area contributed by atoms with Crippen LogP contribution in [0.4, 0.5) is 0 Å². The monoisotopic (exact) mass is 238 g/mol. The molecule has 0 fully saturated rings. The summed E-state index contributed by atoms with van der Waals surface area (Å²) in [6.45, 7) is 1.09. The maximum atomic E-state index is 11.6. The van der Waals surface area contributed by atoms with Crippen molar-refractivity contribution in [1.82, 2.24) is 4.31 Å². The SMILES string of the molecule is CN(CCCCCO)S(=O)(=O)CCCN. The predicted octanol–water partition coefficient (Wildman–Crippen LogP) is -0.241. The zero-order valence-corrected chi connectivity index (χ0v) is 10.2. The first kappa shape index (κ1) is 14.8. The van der Waals surface area contributed by atoms with Crippen LogP contribution in [-0.4, -0.2) is 50.3 Å². The third kappa shape index (κ3) is 6.83. The smallest absolute Gasteiger partial charge is 0.213 e. The van der Waals surface area contributed by atoms with Gasteiger partial charge in [-0.2, -0.15) is 0 Å². The van der Waals surface area contributed by atoms with Crippen molar-refractivity contribution in [2.24, 2.45) is 5.73 Å². The summed E-state index contributed by atoms with van der Waals surface area (Å²) >= 11 is 0. The van der Waals surface area contributed by atoms with Gasteiger partial charge in [-0.1, -0.05) is 0 Å². The molecule has 0 bridgehead atoms. The van der Waals surface area contributed by atoms with Gasteiger partial charge in [0.2, 0.25) is 10.0 Å². The predicted molar refractivity (Wildman–Crippen MR) is 61.0 cm³/mol. The summed E-state index contributed by atoms with van der Waals surface area (Å²) in [6.07, 6.45) is 2.88. The molecule has 15 heavy (non-hydrogen) atoms. The first-order chi connectivity index (χ1) is 7.04. The van der Waals surface area contributed by atoms with Gasteiger partial charge in [0.1, 0.15) is 0 Å². The summed E-state index contributed by atoms with van der Waals surface area (Å²) in [4.78, 5) is 0. The van der Waals surface area contributed by atoms with Gasteiger partial charge < -0.3 is 10.8 Å². The van der Waals surface area contributed by atoms with Gasteiger partial charge in [0, 0.05) is 20.2 Å². The lowest BCUT2D eigenvalue weighted by Gasteiger charge is -2.16. The molecule has 0 saturated carbocycles. The van der Waals surface area contributed by atoms with E-state index in [0.717, 1.165) is 19.3 Å². The Morgan fingerprint density at radius 1 is 1.20 bits per heavy atom. The van der Waals surface area contributed by atoms with Crippen LogP contribution in [-0.2, 0) is 10.0 Å². The van der Waals surface area contributed by atoms with Gasteiger partial charge in [-0.25, -0.2) is 12.7 Å². The van der Waals surface area contributed by atoms with Crippen molar-refractivity contribution in [2.75, 3.05) is 32.5 Å². The summed E-state index contributed by atoms with van der Waals surface area (Å²) in [7, 11) is -1.53. The molecule has 0 aromatic carbocycles. The second-order valence-corrected chi connectivity index (χ2v) is 5.76. The third-order valence-corrected chi connectivity index (χ3v) is 4.15. The van der Waals surface area contributed by atoms with E-state index in [1.807, 2.05) is 0 Å². The Balaban J connectivity index is 3.81. The van der Waals surface area contributed by atoms with Crippen molar-refractivity contribution in [3.05, 3.63) is 0 Å². The lowest BCUT2D eigenvalue weighted by Crippen LogP contribution is -2.30. The van der Waals surface area contributed by atoms with Crippen molar-refractivity contribution in [2.45, 2.75) is 25.7 Å². The minimum absolute atomic E-state index is 0.125. The number of unbranched alkanes of at least 4 members (excludes halogenated alkanes) is 2. The lowest BCUT2D eigenvalue weighted by molar-refractivity contribution is 0.281. The fraction of sp³-hybridized carbons (Fsp3) is 1.00.